The molecule has 1 saturated heterocycles. The molecule has 0 unspecified atom stereocenters. The number of aryl methyl sites for hydroxylation is 1. The van der Waals surface area contributed by atoms with Crippen molar-refractivity contribution < 1.29 is 8.95 Å². The van der Waals surface area contributed by atoms with Crippen LogP contribution in [0, 0.1) is 6.92 Å². The van der Waals surface area contributed by atoms with Crippen molar-refractivity contribution in [3.8, 4) is 5.75 Å². The molecule has 0 bridgehead atoms. The lowest BCUT2D eigenvalue weighted by Crippen LogP contribution is -2.15. The maximum absolute atomic E-state index is 12.6. The zero-order valence-electron chi connectivity index (χ0n) is 10.7. The number of benzene rings is 1. The summed E-state index contributed by atoms with van der Waals surface area (Å²) in [6, 6.07) is 3.71. The maximum Gasteiger partial charge on any atom is 0.146 e. The van der Waals surface area contributed by atoms with E-state index in [4.69, 9.17) is 16.3 Å². The summed E-state index contributed by atoms with van der Waals surface area (Å²) < 4.78 is 22.3. The molecule has 0 aromatic heterocycles. The number of halogens is 1. The summed E-state index contributed by atoms with van der Waals surface area (Å²) in [6.07, 6.45) is 3.10. The Labute approximate surface area is 114 Å². The zero-order chi connectivity index (χ0) is 13.2. The van der Waals surface area contributed by atoms with Crippen LogP contribution in [0.25, 0.3) is 0 Å². The molecule has 0 N–H and O–H groups in total. The molecule has 1 aliphatic heterocycles. The van der Waals surface area contributed by atoms with Gasteiger partial charge < -0.3 is 4.74 Å². The van der Waals surface area contributed by atoms with Gasteiger partial charge in [0.1, 0.15) is 11.4 Å². The molecule has 0 aliphatic carbocycles. The van der Waals surface area contributed by atoms with Crippen LogP contribution in [0.3, 0.4) is 0 Å². The molecule has 0 saturated carbocycles. The fourth-order valence-corrected chi connectivity index (χ4v) is 4.55. The fraction of sp³-hybridized carbons (Fsp3) is 0.538. The van der Waals surface area contributed by atoms with Crippen molar-refractivity contribution in [2.45, 2.75) is 26.2 Å². The van der Waals surface area contributed by atoms with Crippen LogP contribution in [-0.2, 0) is 9.73 Å². The largest absolute Gasteiger partial charge is 0.494 e. The zero-order valence-corrected chi connectivity index (χ0v) is 12.3. The van der Waals surface area contributed by atoms with Gasteiger partial charge in [-0.25, -0.2) is 4.21 Å². The Hall–Kier alpha value is -0.740. The van der Waals surface area contributed by atoms with E-state index in [0.717, 1.165) is 24.8 Å². The molecule has 1 fully saturated rings. The minimum atomic E-state index is -2.15. The Balaban J connectivity index is 2.53. The highest BCUT2D eigenvalue weighted by molar-refractivity contribution is 7.93. The lowest BCUT2D eigenvalue weighted by Gasteiger charge is -2.17. The number of hydrogen-bond acceptors (Lipinski definition) is 3. The third kappa shape index (κ3) is 2.81. The minimum absolute atomic E-state index is 0.544. The molecule has 3 nitrogen and oxygen atoms in total. The second kappa shape index (κ2) is 5.49. The Morgan fingerprint density at radius 1 is 1.28 bits per heavy atom. The summed E-state index contributed by atoms with van der Waals surface area (Å²) >= 11 is 6.26. The van der Waals surface area contributed by atoms with Crippen LogP contribution >= 0.6 is 11.6 Å². The third-order valence-electron chi connectivity index (χ3n) is 3.18. The highest BCUT2D eigenvalue weighted by atomic mass is 35.5. The summed E-state index contributed by atoms with van der Waals surface area (Å²) in [5, 5.41) is 0.544. The first-order valence-corrected chi connectivity index (χ1v) is 8.34. The molecule has 1 aromatic rings. The first-order chi connectivity index (χ1) is 8.56. The van der Waals surface area contributed by atoms with E-state index in [1.807, 2.05) is 19.1 Å². The molecular formula is C13H18ClNO2S. The second-order valence-corrected chi connectivity index (χ2v) is 7.50. The van der Waals surface area contributed by atoms with E-state index in [-0.39, 0.29) is 0 Å². The highest BCUT2D eigenvalue weighted by Crippen LogP contribution is 2.38. The molecule has 1 aromatic carbocycles. The molecule has 0 radical (unpaired) electrons. The molecule has 1 aliphatic rings. The first-order valence-electron chi connectivity index (χ1n) is 6.11. The monoisotopic (exact) mass is 287 g/mol. The topological polar surface area (TPSA) is 38.7 Å². The quantitative estimate of drug-likeness (QED) is 0.826. The predicted molar refractivity (Wildman–Crippen MR) is 76.6 cm³/mol. The predicted octanol–water partition coefficient (Wildman–Crippen LogP) is 3.94. The van der Waals surface area contributed by atoms with Crippen LogP contribution in [0.5, 0.6) is 5.75 Å². The molecule has 0 amide bonds. The summed E-state index contributed by atoms with van der Waals surface area (Å²) in [5.74, 6) is 1.93. The van der Waals surface area contributed by atoms with Gasteiger partial charge in [0.15, 0.2) is 0 Å². The number of nitrogens with zero attached hydrogens (tertiary/aromatic N) is 1. The van der Waals surface area contributed by atoms with Crippen LogP contribution in [0.15, 0.2) is 16.5 Å². The van der Waals surface area contributed by atoms with Crippen molar-refractivity contribution in [1.82, 2.24) is 0 Å². The molecular weight excluding hydrogens is 270 g/mol. The highest BCUT2D eigenvalue weighted by Gasteiger charge is 2.18. The standard InChI is InChI=1S/C13H18ClNO2S/c1-10-6-7-11(17-2)13(12(10)14)15-18(16)8-4-3-5-9-18/h6-7H,3-5,8-9H2,1-2H3. The van der Waals surface area contributed by atoms with Gasteiger partial charge >= 0.3 is 0 Å². The lowest BCUT2D eigenvalue weighted by atomic mass is 10.2. The smallest absolute Gasteiger partial charge is 0.146 e. The fourth-order valence-electron chi connectivity index (χ4n) is 2.09. The molecule has 0 spiro atoms. The van der Waals surface area contributed by atoms with E-state index in [0.29, 0.717) is 28.0 Å². The van der Waals surface area contributed by atoms with Crippen molar-refractivity contribution >= 4 is 27.0 Å². The van der Waals surface area contributed by atoms with E-state index >= 15 is 0 Å². The number of ether oxygens (including phenoxy) is 1. The summed E-state index contributed by atoms with van der Waals surface area (Å²) in [6.45, 7) is 1.91. The summed E-state index contributed by atoms with van der Waals surface area (Å²) in [4.78, 5) is 0. The van der Waals surface area contributed by atoms with E-state index in [1.165, 1.54) is 0 Å². The van der Waals surface area contributed by atoms with E-state index in [2.05, 4.69) is 4.36 Å². The molecule has 2 rings (SSSR count). The molecule has 0 atom stereocenters. The average Bonchev–Trinajstić information content (AvgIpc) is 2.36. The van der Waals surface area contributed by atoms with Gasteiger partial charge in [-0.3, -0.25) is 0 Å². The van der Waals surface area contributed by atoms with Crippen molar-refractivity contribution in [3.05, 3.63) is 22.7 Å². The number of rotatable bonds is 2. The summed E-state index contributed by atoms with van der Waals surface area (Å²) in [7, 11) is -0.577. The number of hydrogen-bond donors (Lipinski definition) is 0. The van der Waals surface area contributed by atoms with Gasteiger partial charge in [-0.15, -0.1) is 0 Å². The second-order valence-electron chi connectivity index (χ2n) is 4.58. The van der Waals surface area contributed by atoms with Crippen molar-refractivity contribution in [1.29, 1.82) is 0 Å². The van der Waals surface area contributed by atoms with Crippen LogP contribution in [0.1, 0.15) is 24.8 Å². The van der Waals surface area contributed by atoms with Crippen LogP contribution in [0.2, 0.25) is 5.02 Å². The van der Waals surface area contributed by atoms with Crippen molar-refractivity contribution in [3.63, 3.8) is 0 Å². The molecule has 1 heterocycles. The SMILES string of the molecule is COc1ccc(C)c(Cl)c1N=S1(=O)CCCCC1. The van der Waals surface area contributed by atoms with Gasteiger partial charge in [0.05, 0.1) is 21.9 Å². The van der Waals surface area contributed by atoms with Gasteiger partial charge in [-0.2, -0.15) is 4.36 Å². The van der Waals surface area contributed by atoms with Gasteiger partial charge in [0.25, 0.3) is 0 Å². The van der Waals surface area contributed by atoms with E-state index in [1.54, 1.807) is 7.11 Å². The van der Waals surface area contributed by atoms with E-state index in [9.17, 15) is 4.21 Å². The van der Waals surface area contributed by atoms with Crippen LogP contribution < -0.4 is 4.74 Å². The van der Waals surface area contributed by atoms with Crippen LogP contribution in [-0.4, -0.2) is 22.8 Å². The van der Waals surface area contributed by atoms with Gasteiger partial charge in [0, 0.05) is 11.5 Å². The molecule has 18 heavy (non-hydrogen) atoms. The number of methoxy groups -OCH3 is 1. The Kier molecular flexibility index (Phi) is 4.17. The summed E-state index contributed by atoms with van der Waals surface area (Å²) in [5.41, 5.74) is 1.47. The third-order valence-corrected chi connectivity index (χ3v) is 6.02. The Morgan fingerprint density at radius 2 is 1.94 bits per heavy atom. The Morgan fingerprint density at radius 3 is 2.56 bits per heavy atom. The van der Waals surface area contributed by atoms with Crippen molar-refractivity contribution in [2.24, 2.45) is 4.36 Å². The normalized spacial score (nSPS) is 18.4. The first kappa shape index (κ1) is 13.7. The maximum atomic E-state index is 12.6. The van der Waals surface area contributed by atoms with Gasteiger partial charge in [0.2, 0.25) is 0 Å². The van der Waals surface area contributed by atoms with Gasteiger partial charge in [-0.05, 0) is 31.4 Å². The molecule has 5 heteroatoms. The average molecular weight is 288 g/mol. The minimum Gasteiger partial charge on any atom is -0.494 e. The van der Waals surface area contributed by atoms with Crippen molar-refractivity contribution in [2.75, 3.05) is 18.6 Å². The Bertz CT molecular complexity index is 550. The van der Waals surface area contributed by atoms with Gasteiger partial charge in [-0.1, -0.05) is 24.1 Å². The van der Waals surface area contributed by atoms with Crippen LogP contribution in [0.4, 0.5) is 5.69 Å². The van der Waals surface area contributed by atoms with E-state index < -0.39 is 9.73 Å². The lowest BCUT2D eigenvalue weighted by molar-refractivity contribution is 0.416. The molecule has 100 valence electrons.